The molecular weight excluding hydrogens is 276 g/mol. The van der Waals surface area contributed by atoms with Gasteiger partial charge in [-0.05, 0) is 11.1 Å². The second kappa shape index (κ2) is 3.84. The minimum Gasteiger partial charge on any atom is -0.492 e. The lowest BCUT2D eigenvalue weighted by atomic mass is 9.85. The third kappa shape index (κ3) is 1.21. The molecule has 4 aliphatic rings. The fourth-order valence-electron chi connectivity index (χ4n) is 3.76. The minimum atomic E-state index is -0.124. The molecule has 1 aromatic rings. The lowest BCUT2D eigenvalue weighted by Crippen LogP contribution is -2.08. The van der Waals surface area contributed by atoms with E-state index in [4.69, 9.17) is 28.4 Å². The van der Waals surface area contributed by atoms with Crippen LogP contribution in [0.3, 0.4) is 0 Å². The topological polar surface area (TPSA) is 55.4 Å². The molecule has 0 amide bonds. The van der Waals surface area contributed by atoms with Gasteiger partial charge in [-0.15, -0.1) is 0 Å². The predicted molar refractivity (Wildman–Crippen MR) is 70.1 cm³/mol. The molecule has 4 aliphatic heterocycles. The first-order valence-electron chi connectivity index (χ1n) is 6.87. The van der Waals surface area contributed by atoms with Crippen molar-refractivity contribution < 1.29 is 28.4 Å². The zero-order valence-electron chi connectivity index (χ0n) is 11.7. The van der Waals surface area contributed by atoms with Gasteiger partial charge < -0.3 is 28.4 Å². The van der Waals surface area contributed by atoms with Crippen LogP contribution in [0.15, 0.2) is 11.1 Å². The lowest BCUT2D eigenvalue weighted by molar-refractivity contribution is 0.0507. The van der Waals surface area contributed by atoms with Crippen LogP contribution in [-0.4, -0.2) is 34.2 Å². The first-order valence-corrected chi connectivity index (χ1v) is 6.87. The highest BCUT2D eigenvalue weighted by Gasteiger charge is 2.52. The average molecular weight is 290 g/mol. The Morgan fingerprint density at radius 1 is 0.857 bits per heavy atom. The SMILES string of the molecule is COc1c2c(c(OC)c3c1[C@@H]1O[C@H]3C3=C1COC3)OCO2. The van der Waals surface area contributed by atoms with Crippen LogP contribution in [0.2, 0.25) is 0 Å². The van der Waals surface area contributed by atoms with E-state index in [-0.39, 0.29) is 19.0 Å². The number of hydrogen-bond donors (Lipinski definition) is 0. The molecule has 0 unspecified atom stereocenters. The van der Waals surface area contributed by atoms with Crippen molar-refractivity contribution in [2.75, 3.05) is 34.2 Å². The number of fused-ring (bicyclic) bond motifs is 8. The van der Waals surface area contributed by atoms with Crippen molar-refractivity contribution in [2.24, 2.45) is 0 Å². The smallest absolute Gasteiger partial charge is 0.231 e. The number of hydrogen-bond acceptors (Lipinski definition) is 6. The molecule has 21 heavy (non-hydrogen) atoms. The molecular formula is C15H14O6. The molecule has 0 aliphatic carbocycles. The van der Waals surface area contributed by atoms with Gasteiger partial charge in [0.15, 0.2) is 11.5 Å². The van der Waals surface area contributed by atoms with Gasteiger partial charge in [0.05, 0.1) is 27.4 Å². The van der Waals surface area contributed by atoms with Gasteiger partial charge in [0, 0.05) is 11.1 Å². The lowest BCUT2D eigenvalue weighted by Gasteiger charge is -2.21. The van der Waals surface area contributed by atoms with E-state index in [0.717, 1.165) is 11.1 Å². The Kier molecular flexibility index (Phi) is 2.14. The van der Waals surface area contributed by atoms with Crippen molar-refractivity contribution >= 4 is 0 Å². The zero-order chi connectivity index (χ0) is 14.1. The maximum atomic E-state index is 6.15. The van der Waals surface area contributed by atoms with Crippen LogP contribution in [0.25, 0.3) is 0 Å². The molecule has 0 aromatic heterocycles. The van der Waals surface area contributed by atoms with E-state index >= 15 is 0 Å². The summed E-state index contributed by atoms with van der Waals surface area (Å²) in [5.41, 5.74) is 4.42. The third-order valence-corrected chi connectivity index (χ3v) is 4.57. The van der Waals surface area contributed by atoms with E-state index in [1.54, 1.807) is 14.2 Å². The maximum Gasteiger partial charge on any atom is 0.231 e. The Morgan fingerprint density at radius 3 is 1.86 bits per heavy atom. The summed E-state index contributed by atoms with van der Waals surface area (Å²) >= 11 is 0. The van der Waals surface area contributed by atoms with Gasteiger partial charge in [0.1, 0.15) is 12.2 Å². The van der Waals surface area contributed by atoms with E-state index < -0.39 is 0 Å². The highest BCUT2D eigenvalue weighted by molar-refractivity contribution is 5.73. The monoisotopic (exact) mass is 290 g/mol. The van der Waals surface area contributed by atoms with Crippen molar-refractivity contribution in [2.45, 2.75) is 12.2 Å². The van der Waals surface area contributed by atoms with Crippen LogP contribution in [0.4, 0.5) is 0 Å². The van der Waals surface area contributed by atoms with Crippen LogP contribution < -0.4 is 18.9 Å². The van der Waals surface area contributed by atoms with E-state index in [1.165, 1.54) is 11.1 Å². The molecule has 0 spiro atoms. The summed E-state index contributed by atoms with van der Waals surface area (Å²) in [7, 11) is 3.27. The summed E-state index contributed by atoms with van der Waals surface area (Å²) in [6.45, 7) is 1.42. The highest BCUT2D eigenvalue weighted by atomic mass is 16.7. The van der Waals surface area contributed by atoms with Crippen LogP contribution >= 0.6 is 0 Å². The van der Waals surface area contributed by atoms with Crippen molar-refractivity contribution in [1.82, 2.24) is 0 Å². The van der Waals surface area contributed by atoms with Crippen LogP contribution in [0.1, 0.15) is 23.3 Å². The van der Waals surface area contributed by atoms with Gasteiger partial charge in [-0.25, -0.2) is 0 Å². The predicted octanol–water partition coefficient (Wildman–Crippen LogP) is 1.89. The molecule has 0 fully saturated rings. The van der Waals surface area contributed by atoms with E-state index in [0.29, 0.717) is 36.2 Å². The molecule has 6 nitrogen and oxygen atoms in total. The summed E-state index contributed by atoms with van der Waals surface area (Å²) in [5, 5.41) is 0. The number of methoxy groups -OCH3 is 2. The summed E-state index contributed by atoms with van der Waals surface area (Å²) in [6, 6.07) is 0. The summed E-state index contributed by atoms with van der Waals surface area (Å²) < 4.78 is 34.1. The number of benzene rings is 1. The summed E-state index contributed by atoms with van der Waals surface area (Å²) in [4.78, 5) is 0. The van der Waals surface area contributed by atoms with E-state index in [1.807, 2.05) is 0 Å². The Hall–Kier alpha value is -1.92. The van der Waals surface area contributed by atoms with Crippen molar-refractivity contribution in [1.29, 1.82) is 0 Å². The van der Waals surface area contributed by atoms with Crippen LogP contribution in [0, 0.1) is 0 Å². The molecule has 0 radical (unpaired) electrons. The van der Waals surface area contributed by atoms with E-state index in [2.05, 4.69) is 0 Å². The van der Waals surface area contributed by atoms with Crippen LogP contribution in [-0.2, 0) is 9.47 Å². The minimum absolute atomic E-state index is 0.124. The van der Waals surface area contributed by atoms with Gasteiger partial charge in [0.2, 0.25) is 18.3 Å². The first kappa shape index (κ1) is 11.7. The largest absolute Gasteiger partial charge is 0.492 e. The van der Waals surface area contributed by atoms with Crippen molar-refractivity contribution in [3.05, 3.63) is 22.3 Å². The van der Waals surface area contributed by atoms with Gasteiger partial charge in [0.25, 0.3) is 0 Å². The fraction of sp³-hybridized carbons (Fsp3) is 0.467. The van der Waals surface area contributed by atoms with Gasteiger partial charge in [-0.3, -0.25) is 0 Å². The Bertz CT molecular complexity index is 637. The molecule has 6 heteroatoms. The van der Waals surface area contributed by atoms with Crippen molar-refractivity contribution in [3.8, 4) is 23.0 Å². The molecule has 0 saturated heterocycles. The summed E-state index contributed by atoms with van der Waals surface area (Å²) in [6.07, 6.45) is -0.248. The Labute approximate surface area is 121 Å². The van der Waals surface area contributed by atoms with Crippen molar-refractivity contribution in [3.63, 3.8) is 0 Å². The molecule has 0 saturated carbocycles. The summed E-state index contributed by atoms with van der Waals surface area (Å²) in [5.74, 6) is 2.57. The Balaban J connectivity index is 1.82. The molecule has 110 valence electrons. The van der Waals surface area contributed by atoms with Gasteiger partial charge >= 0.3 is 0 Å². The molecule has 5 rings (SSSR count). The quantitative estimate of drug-likeness (QED) is 0.775. The molecule has 0 N–H and O–H groups in total. The molecule has 2 bridgehead atoms. The second-order valence-electron chi connectivity index (χ2n) is 5.40. The highest BCUT2D eigenvalue weighted by Crippen LogP contribution is 2.65. The second-order valence-corrected chi connectivity index (χ2v) is 5.40. The average Bonchev–Trinajstić information content (AvgIpc) is 3.22. The fourth-order valence-corrected chi connectivity index (χ4v) is 3.76. The maximum absolute atomic E-state index is 6.15. The standard InChI is InChI=1S/C15H14O6/c1-16-12-8-9(13(17-2)15-14(12)19-5-20-15)11-7-4-18-3-6(7)10(8)21-11/h10-11H,3-5H2,1-2H3/t10-,11+. The molecule has 1 aromatic carbocycles. The van der Waals surface area contributed by atoms with Gasteiger partial charge in [-0.2, -0.15) is 0 Å². The zero-order valence-corrected chi connectivity index (χ0v) is 11.7. The Morgan fingerprint density at radius 2 is 1.38 bits per heavy atom. The van der Waals surface area contributed by atoms with E-state index in [9.17, 15) is 0 Å². The van der Waals surface area contributed by atoms with Gasteiger partial charge in [-0.1, -0.05) is 0 Å². The molecule has 4 heterocycles. The number of rotatable bonds is 2. The van der Waals surface area contributed by atoms with Crippen LogP contribution in [0.5, 0.6) is 23.0 Å². The third-order valence-electron chi connectivity index (χ3n) is 4.57. The number of ether oxygens (including phenoxy) is 6. The first-order chi connectivity index (χ1) is 10.3. The molecule has 2 atom stereocenters. The normalized spacial score (nSPS) is 27.1.